The minimum Gasteiger partial charge on any atom is -0.350 e. The Hall–Kier alpha value is -3.47. The highest BCUT2D eigenvalue weighted by Crippen LogP contribution is 2.15. The summed E-state index contributed by atoms with van der Waals surface area (Å²) in [6.45, 7) is 2.06. The molecule has 0 unspecified atom stereocenters. The highest BCUT2D eigenvalue weighted by atomic mass is 19.1. The van der Waals surface area contributed by atoms with Gasteiger partial charge in [-0.3, -0.25) is 9.59 Å². The van der Waals surface area contributed by atoms with Crippen LogP contribution < -0.4 is 5.32 Å². The highest BCUT2D eigenvalue weighted by Gasteiger charge is 2.28. The lowest BCUT2D eigenvalue weighted by molar-refractivity contribution is -0.139. The zero-order valence-corrected chi connectivity index (χ0v) is 16.9. The Kier molecular flexibility index (Phi) is 7.33. The number of amides is 2. The van der Waals surface area contributed by atoms with Crippen molar-refractivity contribution >= 4 is 11.8 Å². The molecule has 0 radical (unpaired) electrons. The molecule has 0 aromatic heterocycles. The van der Waals surface area contributed by atoms with Crippen LogP contribution in [0.25, 0.3) is 0 Å². The maximum atomic E-state index is 13.3. The lowest BCUT2D eigenvalue weighted by Gasteiger charge is -2.30. The van der Waals surface area contributed by atoms with Crippen molar-refractivity contribution in [3.63, 3.8) is 0 Å². The van der Waals surface area contributed by atoms with E-state index in [1.165, 1.54) is 19.1 Å². The molecule has 0 fully saturated rings. The number of benzene rings is 3. The van der Waals surface area contributed by atoms with E-state index in [9.17, 15) is 14.0 Å². The molecule has 2 amide bonds. The fourth-order valence-corrected chi connectivity index (χ4v) is 3.31. The predicted octanol–water partition coefficient (Wildman–Crippen LogP) is 4.10. The van der Waals surface area contributed by atoms with Gasteiger partial charge in [0, 0.05) is 26.4 Å². The molecule has 0 saturated heterocycles. The van der Waals surface area contributed by atoms with Crippen LogP contribution in [0, 0.1) is 5.82 Å². The topological polar surface area (TPSA) is 49.4 Å². The molecule has 1 atom stereocenters. The van der Waals surface area contributed by atoms with E-state index in [1.54, 1.807) is 17.0 Å². The second-order valence-electron chi connectivity index (χ2n) is 7.18. The SMILES string of the molecule is CC(=O)N(Cc1ccc(F)cc1)[C@@H](Cc1ccccc1)C(=O)NCc1ccccc1. The first kappa shape index (κ1) is 21.2. The number of hydrogen-bond acceptors (Lipinski definition) is 2. The molecule has 0 spiro atoms. The van der Waals surface area contributed by atoms with Gasteiger partial charge in [0.05, 0.1) is 0 Å². The van der Waals surface area contributed by atoms with Crippen LogP contribution in [0.4, 0.5) is 4.39 Å². The molecule has 3 rings (SSSR count). The van der Waals surface area contributed by atoms with Crippen molar-refractivity contribution in [2.75, 3.05) is 0 Å². The molecule has 3 aromatic rings. The maximum absolute atomic E-state index is 13.3. The lowest BCUT2D eigenvalue weighted by atomic mass is 10.0. The Bertz CT molecular complexity index is 959. The molecular formula is C25H25FN2O2. The molecule has 0 aliphatic heterocycles. The van der Waals surface area contributed by atoms with E-state index >= 15 is 0 Å². The molecule has 154 valence electrons. The second kappa shape index (κ2) is 10.3. The Labute approximate surface area is 176 Å². The summed E-state index contributed by atoms with van der Waals surface area (Å²) >= 11 is 0. The standard InChI is InChI=1S/C25H25FN2O2/c1-19(29)28(18-22-12-14-23(26)15-13-22)24(16-20-8-4-2-5-9-20)25(30)27-17-21-10-6-3-7-11-21/h2-15,24H,16-18H2,1H3,(H,27,30)/t24-/m0/s1. The van der Waals surface area contributed by atoms with Gasteiger partial charge in [-0.25, -0.2) is 4.39 Å². The van der Waals surface area contributed by atoms with E-state index in [-0.39, 0.29) is 24.2 Å². The maximum Gasteiger partial charge on any atom is 0.243 e. The van der Waals surface area contributed by atoms with Crippen molar-refractivity contribution in [3.8, 4) is 0 Å². The minimum atomic E-state index is -0.682. The third kappa shape index (κ3) is 6.01. The monoisotopic (exact) mass is 404 g/mol. The third-order valence-electron chi connectivity index (χ3n) is 4.93. The smallest absolute Gasteiger partial charge is 0.243 e. The molecule has 1 N–H and O–H groups in total. The molecule has 5 heteroatoms. The summed E-state index contributed by atoms with van der Waals surface area (Å²) in [7, 11) is 0. The van der Waals surface area contributed by atoms with Gasteiger partial charge in [-0.1, -0.05) is 72.8 Å². The van der Waals surface area contributed by atoms with Gasteiger partial charge in [-0.05, 0) is 28.8 Å². The molecular weight excluding hydrogens is 379 g/mol. The van der Waals surface area contributed by atoms with E-state index in [0.717, 1.165) is 16.7 Å². The molecule has 0 bridgehead atoms. The number of rotatable bonds is 8. The number of hydrogen-bond donors (Lipinski definition) is 1. The summed E-state index contributed by atoms with van der Waals surface area (Å²) in [4.78, 5) is 27.2. The summed E-state index contributed by atoms with van der Waals surface area (Å²) < 4.78 is 13.3. The van der Waals surface area contributed by atoms with Crippen molar-refractivity contribution in [2.45, 2.75) is 32.5 Å². The summed E-state index contributed by atoms with van der Waals surface area (Å²) in [6, 6.07) is 24.5. The van der Waals surface area contributed by atoms with Gasteiger partial charge < -0.3 is 10.2 Å². The quantitative estimate of drug-likeness (QED) is 0.615. The third-order valence-corrected chi connectivity index (χ3v) is 4.93. The first-order chi connectivity index (χ1) is 14.5. The molecule has 4 nitrogen and oxygen atoms in total. The zero-order valence-electron chi connectivity index (χ0n) is 16.9. The van der Waals surface area contributed by atoms with Crippen molar-refractivity contribution in [2.24, 2.45) is 0 Å². The number of carbonyl (C=O) groups excluding carboxylic acids is 2. The molecule has 0 aliphatic carbocycles. The number of carbonyl (C=O) groups is 2. The van der Waals surface area contributed by atoms with E-state index in [0.29, 0.717) is 13.0 Å². The molecule has 0 aliphatic rings. The first-order valence-corrected chi connectivity index (χ1v) is 9.90. The average molecular weight is 404 g/mol. The van der Waals surface area contributed by atoms with Crippen LogP contribution in [0.15, 0.2) is 84.9 Å². The van der Waals surface area contributed by atoms with Crippen LogP contribution in [0.2, 0.25) is 0 Å². The summed E-state index contributed by atoms with van der Waals surface area (Å²) in [5, 5.41) is 2.96. The molecule has 30 heavy (non-hydrogen) atoms. The fraction of sp³-hybridized carbons (Fsp3) is 0.200. The van der Waals surface area contributed by atoms with E-state index < -0.39 is 6.04 Å². The van der Waals surface area contributed by atoms with Crippen molar-refractivity contribution in [1.82, 2.24) is 10.2 Å². The van der Waals surface area contributed by atoms with E-state index in [4.69, 9.17) is 0 Å². The fourth-order valence-electron chi connectivity index (χ4n) is 3.31. The largest absolute Gasteiger partial charge is 0.350 e. The van der Waals surface area contributed by atoms with Gasteiger partial charge >= 0.3 is 0 Å². The lowest BCUT2D eigenvalue weighted by Crippen LogP contribution is -2.49. The summed E-state index contributed by atoms with van der Waals surface area (Å²) in [6.07, 6.45) is 0.391. The molecule has 3 aromatic carbocycles. The second-order valence-corrected chi connectivity index (χ2v) is 7.18. The van der Waals surface area contributed by atoms with Gasteiger partial charge in [-0.2, -0.15) is 0 Å². The van der Waals surface area contributed by atoms with Gasteiger partial charge in [0.15, 0.2) is 0 Å². The Morgan fingerprint density at radius 1 is 0.833 bits per heavy atom. The van der Waals surface area contributed by atoms with Crippen LogP contribution in [-0.4, -0.2) is 22.8 Å². The summed E-state index contributed by atoms with van der Waals surface area (Å²) in [5.41, 5.74) is 2.71. The summed E-state index contributed by atoms with van der Waals surface area (Å²) in [5.74, 6) is -0.773. The first-order valence-electron chi connectivity index (χ1n) is 9.90. The zero-order chi connectivity index (χ0) is 21.3. The Morgan fingerprint density at radius 3 is 1.97 bits per heavy atom. The molecule has 0 saturated carbocycles. The van der Waals surface area contributed by atoms with Crippen LogP contribution in [0.3, 0.4) is 0 Å². The highest BCUT2D eigenvalue weighted by molar-refractivity contribution is 5.87. The average Bonchev–Trinajstić information content (AvgIpc) is 2.77. The predicted molar refractivity (Wildman–Crippen MR) is 115 cm³/mol. The van der Waals surface area contributed by atoms with Crippen LogP contribution in [0.1, 0.15) is 23.6 Å². The van der Waals surface area contributed by atoms with Gasteiger partial charge in [-0.15, -0.1) is 0 Å². The normalized spacial score (nSPS) is 11.5. The number of nitrogens with zero attached hydrogens (tertiary/aromatic N) is 1. The number of nitrogens with one attached hydrogen (secondary N) is 1. The van der Waals surface area contributed by atoms with E-state index in [1.807, 2.05) is 60.7 Å². The Morgan fingerprint density at radius 2 is 1.40 bits per heavy atom. The molecule has 0 heterocycles. The van der Waals surface area contributed by atoms with Crippen LogP contribution >= 0.6 is 0 Å². The van der Waals surface area contributed by atoms with Crippen LogP contribution in [-0.2, 0) is 29.1 Å². The van der Waals surface area contributed by atoms with Gasteiger partial charge in [0.25, 0.3) is 0 Å². The van der Waals surface area contributed by atoms with Gasteiger partial charge in [0.2, 0.25) is 11.8 Å². The number of halogens is 1. The van der Waals surface area contributed by atoms with Crippen molar-refractivity contribution in [1.29, 1.82) is 0 Å². The van der Waals surface area contributed by atoms with E-state index in [2.05, 4.69) is 5.32 Å². The van der Waals surface area contributed by atoms with Crippen LogP contribution in [0.5, 0.6) is 0 Å². The van der Waals surface area contributed by atoms with Crippen molar-refractivity contribution < 1.29 is 14.0 Å². The van der Waals surface area contributed by atoms with Crippen molar-refractivity contribution in [3.05, 3.63) is 107 Å². The minimum absolute atomic E-state index is 0.213. The van der Waals surface area contributed by atoms with Gasteiger partial charge in [0.1, 0.15) is 11.9 Å². The Balaban J connectivity index is 1.82.